The highest BCUT2D eigenvalue weighted by atomic mass is 16.5. The fraction of sp³-hybridized carbons (Fsp3) is 0.545. The number of fused-ring (bicyclic) bond motifs is 5. The number of benzene rings is 1. The summed E-state index contributed by atoms with van der Waals surface area (Å²) in [6.45, 7) is 2.89. The van der Waals surface area contributed by atoms with Crippen LogP contribution in [0.3, 0.4) is 0 Å². The van der Waals surface area contributed by atoms with Crippen LogP contribution in [0.4, 0.5) is 0 Å². The summed E-state index contributed by atoms with van der Waals surface area (Å²) < 4.78 is 11.2. The van der Waals surface area contributed by atoms with Crippen LogP contribution in [0.25, 0.3) is 0 Å². The standard InChI is InChI=1S/C22H26O4/c1-13(23)25-19-11-12-20(26-14(2)24)22-18-10-6-4-8-16(18)15-7-3-5-9-17(15)21(19)22/h11-12,17-18H,3-10H2,1-2H3/t17-,18-/m1/s1. The number of hydrogen-bond donors (Lipinski definition) is 0. The lowest BCUT2D eigenvalue weighted by atomic mass is 9.63. The van der Waals surface area contributed by atoms with Crippen LogP contribution in [0.1, 0.15) is 88.2 Å². The minimum Gasteiger partial charge on any atom is -0.426 e. The van der Waals surface area contributed by atoms with Crippen LogP contribution >= 0.6 is 0 Å². The lowest BCUT2D eigenvalue weighted by Crippen LogP contribution is -2.26. The van der Waals surface area contributed by atoms with Crippen LogP contribution in [0, 0.1) is 0 Å². The van der Waals surface area contributed by atoms with Crippen LogP contribution in [0.5, 0.6) is 11.5 Å². The Balaban J connectivity index is 1.93. The Morgan fingerprint density at radius 3 is 1.58 bits per heavy atom. The molecule has 26 heavy (non-hydrogen) atoms. The molecular formula is C22H26O4. The molecule has 4 heteroatoms. The first-order valence-corrected chi connectivity index (χ1v) is 9.81. The molecule has 0 radical (unpaired) electrons. The zero-order valence-electron chi connectivity index (χ0n) is 15.6. The lowest BCUT2D eigenvalue weighted by Gasteiger charge is -2.42. The molecular weight excluding hydrogens is 328 g/mol. The molecule has 0 heterocycles. The molecule has 3 aliphatic rings. The topological polar surface area (TPSA) is 52.6 Å². The highest BCUT2D eigenvalue weighted by molar-refractivity contribution is 5.74. The second kappa shape index (κ2) is 6.90. The Hall–Kier alpha value is -2.10. The van der Waals surface area contributed by atoms with E-state index >= 15 is 0 Å². The maximum Gasteiger partial charge on any atom is 0.308 e. The van der Waals surface area contributed by atoms with E-state index in [1.165, 1.54) is 39.5 Å². The summed E-state index contributed by atoms with van der Waals surface area (Å²) in [7, 11) is 0. The summed E-state index contributed by atoms with van der Waals surface area (Å²) in [5.41, 5.74) is 5.34. The number of ether oxygens (including phenoxy) is 2. The van der Waals surface area contributed by atoms with Crippen LogP contribution in [0.15, 0.2) is 23.3 Å². The van der Waals surface area contributed by atoms with E-state index in [0.717, 1.165) is 36.8 Å². The molecule has 2 saturated carbocycles. The highest BCUT2D eigenvalue weighted by Crippen LogP contribution is 2.57. The zero-order chi connectivity index (χ0) is 18.3. The van der Waals surface area contributed by atoms with Crippen LogP contribution in [0.2, 0.25) is 0 Å². The van der Waals surface area contributed by atoms with Gasteiger partial charge in [0.25, 0.3) is 0 Å². The molecule has 0 aromatic heterocycles. The van der Waals surface area contributed by atoms with Gasteiger partial charge in [0, 0.05) is 36.8 Å². The van der Waals surface area contributed by atoms with Crippen molar-refractivity contribution in [1.82, 2.24) is 0 Å². The highest BCUT2D eigenvalue weighted by Gasteiger charge is 2.40. The molecule has 0 spiro atoms. The molecule has 2 atom stereocenters. The molecule has 4 nitrogen and oxygen atoms in total. The van der Waals surface area contributed by atoms with Crippen LogP contribution in [-0.4, -0.2) is 11.9 Å². The average molecular weight is 354 g/mol. The number of hydrogen-bond acceptors (Lipinski definition) is 4. The van der Waals surface area contributed by atoms with Crippen molar-refractivity contribution >= 4 is 11.9 Å². The summed E-state index contributed by atoms with van der Waals surface area (Å²) in [6.07, 6.45) is 9.30. The Morgan fingerprint density at radius 1 is 0.769 bits per heavy atom. The third-order valence-electron chi connectivity index (χ3n) is 6.04. The number of esters is 2. The van der Waals surface area contributed by atoms with Crippen molar-refractivity contribution in [3.05, 3.63) is 34.4 Å². The number of carbonyl (C=O) groups is 2. The molecule has 4 rings (SSSR count). The summed E-state index contributed by atoms with van der Waals surface area (Å²) in [6, 6.07) is 3.61. The maximum absolute atomic E-state index is 11.7. The predicted octanol–water partition coefficient (Wildman–Crippen LogP) is 5.16. The molecule has 138 valence electrons. The van der Waals surface area contributed by atoms with Crippen molar-refractivity contribution in [2.75, 3.05) is 0 Å². The summed E-state index contributed by atoms with van der Waals surface area (Å²) in [4.78, 5) is 23.4. The molecule has 0 bridgehead atoms. The first-order valence-electron chi connectivity index (χ1n) is 9.81. The Morgan fingerprint density at radius 2 is 1.19 bits per heavy atom. The molecule has 3 aliphatic carbocycles. The van der Waals surface area contributed by atoms with Gasteiger partial charge in [-0.25, -0.2) is 0 Å². The predicted molar refractivity (Wildman–Crippen MR) is 98.5 cm³/mol. The molecule has 0 unspecified atom stereocenters. The van der Waals surface area contributed by atoms with Gasteiger partial charge in [-0.05, 0) is 50.7 Å². The zero-order valence-corrected chi connectivity index (χ0v) is 15.6. The third-order valence-corrected chi connectivity index (χ3v) is 6.04. The maximum atomic E-state index is 11.7. The van der Waals surface area contributed by atoms with E-state index in [1.54, 1.807) is 23.3 Å². The van der Waals surface area contributed by atoms with Crippen molar-refractivity contribution in [2.45, 2.75) is 77.0 Å². The van der Waals surface area contributed by atoms with Gasteiger partial charge >= 0.3 is 11.9 Å². The van der Waals surface area contributed by atoms with E-state index in [4.69, 9.17) is 9.47 Å². The van der Waals surface area contributed by atoms with Gasteiger partial charge in [0.1, 0.15) is 11.5 Å². The van der Waals surface area contributed by atoms with E-state index in [1.807, 2.05) is 0 Å². The van der Waals surface area contributed by atoms with Gasteiger partial charge in [0.15, 0.2) is 0 Å². The molecule has 2 fully saturated rings. The van der Waals surface area contributed by atoms with E-state index in [0.29, 0.717) is 23.3 Å². The number of rotatable bonds is 2. The number of carbonyl (C=O) groups excluding carboxylic acids is 2. The third kappa shape index (κ3) is 2.95. The van der Waals surface area contributed by atoms with Gasteiger partial charge in [-0.2, -0.15) is 0 Å². The normalized spacial score (nSPS) is 24.2. The van der Waals surface area contributed by atoms with E-state index in [2.05, 4.69) is 0 Å². The Bertz CT molecular complexity index is 725. The largest absolute Gasteiger partial charge is 0.426 e. The summed E-state index contributed by atoms with van der Waals surface area (Å²) in [5.74, 6) is 1.29. The molecule has 0 N–H and O–H groups in total. The van der Waals surface area contributed by atoms with E-state index < -0.39 is 0 Å². The van der Waals surface area contributed by atoms with Crippen molar-refractivity contribution in [1.29, 1.82) is 0 Å². The van der Waals surface area contributed by atoms with Crippen molar-refractivity contribution < 1.29 is 19.1 Å². The molecule has 0 saturated heterocycles. The Kier molecular flexibility index (Phi) is 4.60. The quantitative estimate of drug-likeness (QED) is 0.418. The van der Waals surface area contributed by atoms with Gasteiger partial charge < -0.3 is 9.47 Å². The van der Waals surface area contributed by atoms with Crippen LogP contribution in [-0.2, 0) is 9.59 Å². The SMILES string of the molecule is CC(=O)Oc1ccc(OC(C)=O)c2c1[C@@H]1CCCCC1=C1CCCC[C@H]12. The van der Waals surface area contributed by atoms with Gasteiger partial charge in [-0.3, -0.25) is 9.59 Å². The van der Waals surface area contributed by atoms with Gasteiger partial charge in [0.05, 0.1) is 0 Å². The molecule has 0 amide bonds. The average Bonchev–Trinajstić information content (AvgIpc) is 2.62. The first-order chi connectivity index (χ1) is 12.6. The fourth-order valence-electron chi connectivity index (χ4n) is 5.23. The van der Waals surface area contributed by atoms with Crippen LogP contribution < -0.4 is 9.47 Å². The first kappa shape index (κ1) is 17.3. The molecule has 0 aliphatic heterocycles. The minimum atomic E-state index is -0.303. The van der Waals surface area contributed by atoms with Crippen molar-refractivity contribution in [3.8, 4) is 11.5 Å². The number of allylic oxidation sites excluding steroid dienone is 2. The van der Waals surface area contributed by atoms with Crippen molar-refractivity contribution in [3.63, 3.8) is 0 Å². The van der Waals surface area contributed by atoms with Gasteiger partial charge in [-0.1, -0.05) is 24.0 Å². The van der Waals surface area contributed by atoms with E-state index in [9.17, 15) is 9.59 Å². The van der Waals surface area contributed by atoms with Gasteiger partial charge in [0.2, 0.25) is 0 Å². The Labute approximate surface area is 154 Å². The van der Waals surface area contributed by atoms with Crippen molar-refractivity contribution in [2.24, 2.45) is 0 Å². The second-order valence-electron chi connectivity index (χ2n) is 7.72. The second-order valence-corrected chi connectivity index (χ2v) is 7.72. The summed E-state index contributed by atoms with van der Waals surface area (Å²) >= 11 is 0. The summed E-state index contributed by atoms with van der Waals surface area (Å²) in [5, 5.41) is 0. The van der Waals surface area contributed by atoms with Gasteiger partial charge in [-0.15, -0.1) is 0 Å². The fourth-order valence-corrected chi connectivity index (χ4v) is 5.23. The smallest absolute Gasteiger partial charge is 0.308 e. The minimum absolute atomic E-state index is 0.299. The lowest BCUT2D eigenvalue weighted by molar-refractivity contribution is -0.133. The molecule has 1 aromatic rings. The molecule has 1 aromatic carbocycles. The monoisotopic (exact) mass is 354 g/mol. The van der Waals surface area contributed by atoms with E-state index in [-0.39, 0.29) is 11.9 Å².